The van der Waals surface area contributed by atoms with Gasteiger partial charge in [-0.25, -0.2) is 14.1 Å². The minimum atomic E-state index is -0.359. The molecule has 8 nitrogen and oxygen atoms in total. The van der Waals surface area contributed by atoms with Gasteiger partial charge < -0.3 is 9.88 Å². The first-order chi connectivity index (χ1) is 16.0. The van der Waals surface area contributed by atoms with E-state index in [2.05, 4.69) is 20.3 Å². The number of carbonyl (C=O) groups is 1. The number of fused-ring (bicyclic) bond motifs is 1. The largest absolute Gasteiger partial charge is 0.338 e. The second-order valence-corrected chi connectivity index (χ2v) is 8.46. The molecule has 2 aromatic heterocycles. The third kappa shape index (κ3) is 4.26. The number of halogens is 1. The van der Waals surface area contributed by atoms with Crippen LogP contribution in [0.4, 0.5) is 4.39 Å². The Morgan fingerprint density at radius 3 is 2.82 bits per heavy atom. The van der Waals surface area contributed by atoms with Crippen molar-refractivity contribution in [2.24, 2.45) is 0 Å². The molecule has 0 spiro atoms. The molecule has 0 radical (unpaired) electrons. The summed E-state index contributed by atoms with van der Waals surface area (Å²) < 4.78 is 14.8. The SMILES string of the molecule is Cc1cccc(C(=O)N2CCCC(c3nc4c(nnn4Cc4ccc(F)cc4)c(=O)[nH]3)C2)c1. The van der Waals surface area contributed by atoms with Crippen LogP contribution in [0.25, 0.3) is 11.2 Å². The van der Waals surface area contributed by atoms with Crippen LogP contribution < -0.4 is 5.56 Å². The number of hydrogen-bond acceptors (Lipinski definition) is 5. The number of piperidine rings is 1. The van der Waals surface area contributed by atoms with E-state index in [1.165, 1.54) is 12.1 Å². The number of nitrogens with zero attached hydrogens (tertiary/aromatic N) is 5. The van der Waals surface area contributed by atoms with E-state index in [-0.39, 0.29) is 28.7 Å². The highest BCUT2D eigenvalue weighted by molar-refractivity contribution is 5.94. The number of H-pyrrole nitrogens is 1. The second kappa shape index (κ2) is 8.57. The molecule has 1 atom stereocenters. The summed E-state index contributed by atoms with van der Waals surface area (Å²) >= 11 is 0. The van der Waals surface area contributed by atoms with E-state index < -0.39 is 0 Å². The molecule has 5 rings (SSSR count). The summed E-state index contributed by atoms with van der Waals surface area (Å²) in [6.45, 7) is 3.42. The molecule has 0 saturated carbocycles. The van der Waals surface area contributed by atoms with Crippen LogP contribution in [-0.4, -0.2) is 48.9 Å². The highest BCUT2D eigenvalue weighted by Gasteiger charge is 2.28. The lowest BCUT2D eigenvalue weighted by atomic mass is 9.96. The minimum absolute atomic E-state index is 0.0187. The fraction of sp³-hybridized carbons (Fsp3) is 0.292. The quantitative estimate of drug-likeness (QED) is 0.520. The number of benzene rings is 2. The molecular formula is C24H23FN6O2. The van der Waals surface area contributed by atoms with Gasteiger partial charge in [-0.1, -0.05) is 35.0 Å². The van der Waals surface area contributed by atoms with E-state index in [0.29, 0.717) is 36.7 Å². The lowest BCUT2D eigenvalue weighted by molar-refractivity contribution is 0.0704. The van der Waals surface area contributed by atoms with E-state index in [1.807, 2.05) is 36.1 Å². The second-order valence-electron chi connectivity index (χ2n) is 8.46. The Labute approximate surface area is 189 Å². The molecule has 2 aromatic carbocycles. The van der Waals surface area contributed by atoms with Crippen molar-refractivity contribution in [2.45, 2.75) is 32.2 Å². The third-order valence-electron chi connectivity index (χ3n) is 6.00. The van der Waals surface area contributed by atoms with Crippen molar-refractivity contribution < 1.29 is 9.18 Å². The van der Waals surface area contributed by atoms with E-state index in [9.17, 15) is 14.0 Å². The van der Waals surface area contributed by atoms with Crippen LogP contribution in [0.5, 0.6) is 0 Å². The maximum Gasteiger partial charge on any atom is 0.281 e. The lowest BCUT2D eigenvalue weighted by Crippen LogP contribution is -2.40. The molecule has 1 saturated heterocycles. The van der Waals surface area contributed by atoms with Gasteiger partial charge >= 0.3 is 0 Å². The maximum atomic E-state index is 13.2. The number of aryl methyl sites for hydroxylation is 1. The Bertz CT molecular complexity index is 1380. The summed E-state index contributed by atoms with van der Waals surface area (Å²) in [7, 11) is 0. The minimum Gasteiger partial charge on any atom is -0.338 e. The predicted molar refractivity (Wildman–Crippen MR) is 121 cm³/mol. The maximum absolute atomic E-state index is 13.2. The summed E-state index contributed by atoms with van der Waals surface area (Å²) in [6, 6.07) is 13.6. The first-order valence-electron chi connectivity index (χ1n) is 10.9. The fourth-order valence-electron chi connectivity index (χ4n) is 4.29. The van der Waals surface area contributed by atoms with Gasteiger partial charge in [-0.15, -0.1) is 5.10 Å². The number of amides is 1. The Balaban J connectivity index is 1.42. The Morgan fingerprint density at radius 2 is 2.03 bits per heavy atom. The molecule has 1 aliphatic heterocycles. The van der Waals surface area contributed by atoms with Crippen molar-refractivity contribution in [2.75, 3.05) is 13.1 Å². The zero-order valence-electron chi connectivity index (χ0n) is 18.2. The van der Waals surface area contributed by atoms with Crippen molar-refractivity contribution in [3.63, 3.8) is 0 Å². The standard InChI is InChI=1S/C24H23FN6O2/c1-15-4-2-5-17(12-15)24(33)30-11-3-6-18(14-30)21-26-22-20(23(32)27-21)28-29-31(22)13-16-7-9-19(25)10-8-16/h2,4-5,7-10,12,18H,3,6,11,13-14H2,1H3,(H,26,27,32). The van der Waals surface area contributed by atoms with Crippen LogP contribution in [0.2, 0.25) is 0 Å². The average molecular weight is 446 g/mol. The van der Waals surface area contributed by atoms with Crippen molar-refractivity contribution >= 4 is 17.1 Å². The van der Waals surface area contributed by atoms with Gasteiger partial charge in [-0.2, -0.15) is 0 Å². The molecule has 9 heteroatoms. The van der Waals surface area contributed by atoms with Gasteiger partial charge in [0.15, 0.2) is 11.2 Å². The lowest BCUT2D eigenvalue weighted by Gasteiger charge is -2.32. The van der Waals surface area contributed by atoms with Crippen molar-refractivity contribution in [1.29, 1.82) is 0 Å². The average Bonchev–Trinajstić information content (AvgIpc) is 3.23. The van der Waals surface area contributed by atoms with E-state index >= 15 is 0 Å². The van der Waals surface area contributed by atoms with E-state index in [0.717, 1.165) is 24.0 Å². The Kier molecular flexibility index (Phi) is 5.45. The van der Waals surface area contributed by atoms with Crippen LogP contribution in [0.3, 0.4) is 0 Å². The van der Waals surface area contributed by atoms with Crippen LogP contribution in [-0.2, 0) is 6.54 Å². The van der Waals surface area contributed by atoms with Gasteiger partial charge in [0, 0.05) is 24.6 Å². The van der Waals surface area contributed by atoms with Crippen LogP contribution in [0.1, 0.15) is 46.1 Å². The summed E-state index contributed by atoms with van der Waals surface area (Å²) in [4.78, 5) is 35.1. The number of rotatable bonds is 4. The van der Waals surface area contributed by atoms with Crippen molar-refractivity contribution in [3.8, 4) is 0 Å². The number of likely N-dealkylation sites (tertiary alicyclic amines) is 1. The Hall–Kier alpha value is -3.88. The highest BCUT2D eigenvalue weighted by atomic mass is 19.1. The molecule has 1 aliphatic rings. The van der Waals surface area contributed by atoms with E-state index in [4.69, 9.17) is 0 Å². The molecule has 4 aromatic rings. The number of carbonyl (C=O) groups excluding carboxylic acids is 1. The number of aromatic nitrogens is 5. The molecule has 1 amide bonds. The van der Waals surface area contributed by atoms with Crippen LogP contribution in [0.15, 0.2) is 53.3 Å². The highest BCUT2D eigenvalue weighted by Crippen LogP contribution is 2.26. The molecule has 0 bridgehead atoms. The molecule has 3 heterocycles. The molecule has 168 valence electrons. The first-order valence-corrected chi connectivity index (χ1v) is 10.9. The predicted octanol–water partition coefficient (Wildman–Crippen LogP) is 3.03. The monoisotopic (exact) mass is 446 g/mol. The molecule has 1 unspecified atom stereocenters. The van der Waals surface area contributed by atoms with Gasteiger partial charge in [0.05, 0.1) is 6.54 Å². The van der Waals surface area contributed by atoms with Gasteiger partial charge in [0.1, 0.15) is 11.6 Å². The van der Waals surface area contributed by atoms with Gasteiger partial charge in [0.2, 0.25) is 0 Å². The Morgan fingerprint density at radius 1 is 1.21 bits per heavy atom. The third-order valence-corrected chi connectivity index (χ3v) is 6.00. The number of nitrogens with one attached hydrogen (secondary N) is 1. The molecule has 0 aliphatic carbocycles. The topological polar surface area (TPSA) is 96.8 Å². The number of aromatic amines is 1. The zero-order chi connectivity index (χ0) is 22.9. The molecule has 1 N–H and O–H groups in total. The van der Waals surface area contributed by atoms with Crippen LogP contribution in [0, 0.1) is 12.7 Å². The number of hydrogen-bond donors (Lipinski definition) is 1. The van der Waals surface area contributed by atoms with Crippen molar-refractivity contribution in [1.82, 2.24) is 29.9 Å². The summed E-state index contributed by atoms with van der Waals surface area (Å²) in [5.41, 5.74) is 2.69. The molecular weight excluding hydrogens is 423 g/mol. The summed E-state index contributed by atoms with van der Waals surface area (Å²) in [6.07, 6.45) is 1.63. The molecule has 1 fully saturated rings. The van der Waals surface area contributed by atoms with Crippen LogP contribution >= 0.6 is 0 Å². The first kappa shape index (κ1) is 21.0. The van der Waals surface area contributed by atoms with Gasteiger partial charge in [-0.05, 0) is 49.6 Å². The molecule has 33 heavy (non-hydrogen) atoms. The van der Waals surface area contributed by atoms with Gasteiger partial charge in [-0.3, -0.25) is 9.59 Å². The van der Waals surface area contributed by atoms with E-state index in [1.54, 1.807) is 16.8 Å². The fourth-order valence-corrected chi connectivity index (χ4v) is 4.29. The smallest absolute Gasteiger partial charge is 0.281 e. The normalized spacial score (nSPS) is 16.3. The summed E-state index contributed by atoms with van der Waals surface area (Å²) in [5, 5.41) is 8.05. The van der Waals surface area contributed by atoms with Crippen molar-refractivity contribution in [3.05, 3.63) is 87.2 Å². The summed E-state index contributed by atoms with van der Waals surface area (Å²) in [5.74, 6) is 0.0895. The zero-order valence-corrected chi connectivity index (χ0v) is 18.2. The van der Waals surface area contributed by atoms with Gasteiger partial charge in [0.25, 0.3) is 11.5 Å².